The number of thioether (sulfide) groups is 1. The van der Waals surface area contributed by atoms with Gasteiger partial charge in [-0.2, -0.15) is 11.8 Å². The van der Waals surface area contributed by atoms with Crippen LogP contribution in [0.5, 0.6) is 0 Å². The van der Waals surface area contributed by atoms with Crippen LogP contribution in [0.1, 0.15) is 6.42 Å². The Morgan fingerprint density at radius 2 is 2.40 bits per heavy atom. The summed E-state index contributed by atoms with van der Waals surface area (Å²) >= 11 is 1.74. The molecule has 0 aromatic rings. The summed E-state index contributed by atoms with van der Waals surface area (Å²) in [7, 11) is 0. The quantitative estimate of drug-likeness (QED) is 0.605. The Kier molecular flexibility index (Phi) is 2.56. The molecule has 1 saturated heterocycles. The number of hydrogen-bond acceptors (Lipinski definition) is 3. The Balaban J connectivity index is 2.33. The van der Waals surface area contributed by atoms with Gasteiger partial charge in [0, 0.05) is 11.8 Å². The van der Waals surface area contributed by atoms with Crippen LogP contribution in [0.2, 0.25) is 0 Å². The SMILES string of the molecule is NC1CSCC1CC(=O)O. The third-order valence-electron chi connectivity index (χ3n) is 1.68. The molecule has 3 N–H and O–H groups in total. The fourth-order valence-corrected chi connectivity index (χ4v) is 2.40. The molecular weight excluding hydrogens is 150 g/mol. The number of aliphatic carboxylic acids is 1. The lowest BCUT2D eigenvalue weighted by molar-refractivity contribution is -0.138. The molecule has 10 heavy (non-hydrogen) atoms. The summed E-state index contributed by atoms with van der Waals surface area (Å²) in [4.78, 5) is 10.2. The molecule has 58 valence electrons. The van der Waals surface area contributed by atoms with Crippen LogP contribution >= 0.6 is 11.8 Å². The molecule has 0 amide bonds. The highest BCUT2D eigenvalue weighted by Crippen LogP contribution is 2.24. The molecule has 4 heteroatoms. The van der Waals surface area contributed by atoms with Crippen LogP contribution in [-0.4, -0.2) is 28.6 Å². The van der Waals surface area contributed by atoms with Crippen molar-refractivity contribution >= 4 is 17.7 Å². The number of hydrogen-bond donors (Lipinski definition) is 2. The van der Waals surface area contributed by atoms with Crippen molar-refractivity contribution in [3.63, 3.8) is 0 Å². The molecule has 0 spiro atoms. The van der Waals surface area contributed by atoms with Crippen molar-refractivity contribution in [1.82, 2.24) is 0 Å². The lowest BCUT2D eigenvalue weighted by Gasteiger charge is -2.09. The van der Waals surface area contributed by atoms with E-state index < -0.39 is 5.97 Å². The zero-order chi connectivity index (χ0) is 7.56. The summed E-state index contributed by atoms with van der Waals surface area (Å²) in [5.74, 6) is 1.29. The third-order valence-corrected chi connectivity index (χ3v) is 2.97. The molecule has 0 saturated carbocycles. The first-order valence-corrected chi connectivity index (χ1v) is 4.40. The second kappa shape index (κ2) is 3.25. The van der Waals surface area contributed by atoms with E-state index in [0.717, 1.165) is 11.5 Å². The average molecular weight is 161 g/mol. The Morgan fingerprint density at radius 1 is 1.70 bits per heavy atom. The van der Waals surface area contributed by atoms with Crippen molar-refractivity contribution in [3.05, 3.63) is 0 Å². The van der Waals surface area contributed by atoms with Gasteiger partial charge >= 0.3 is 5.97 Å². The highest BCUT2D eigenvalue weighted by atomic mass is 32.2. The summed E-state index contributed by atoms with van der Waals surface area (Å²) < 4.78 is 0. The van der Waals surface area contributed by atoms with Crippen molar-refractivity contribution in [1.29, 1.82) is 0 Å². The van der Waals surface area contributed by atoms with Crippen LogP contribution in [-0.2, 0) is 4.79 Å². The summed E-state index contributed by atoms with van der Waals surface area (Å²) in [5.41, 5.74) is 5.64. The number of rotatable bonds is 2. The molecule has 0 aromatic heterocycles. The van der Waals surface area contributed by atoms with E-state index in [1.165, 1.54) is 0 Å². The maximum absolute atomic E-state index is 10.2. The lowest BCUT2D eigenvalue weighted by Crippen LogP contribution is -2.29. The van der Waals surface area contributed by atoms with Gasteiger partial charge in [-0.3, -0.25) is 4.79 Å². The Morgan fingerprint density at radius 3 is 2.80 bits per heavy atom. The number of carboxylic acid groups (broad SMARTS) is 1. The summed E-state index contributed by atoms with van der Waals surface area (Å²) in [6.07, 6.45) is 0.230. The molecule has 1 rings (SSSR count). The van der Waals surface area contributed by atoms with E-state index in [9.17, 15) is 4.79 Å². The Bertz CT molecular complexity index is 140. The molecule has 0 aliphatic carbocycles. The summed E-state index contributed by atoms with van der Waals surface area (Å²) in [6.45, 7) is 0. The second-order valence-electron chi connectivity index (χ2n) is 2.56. The van der Waals surface area contributed by atoms with E-state index in [2.05, 4.69) is 0 Å². The first-order valence-electron chi connectivity index (χ1n) is 3.25. The predicted octanol–water partition coefficient (Wildman–Crippen LogP) is 0.151. The Hall–Kier alpha value is -0.220. The summed E-state index contributed by atoms with van der Waals surface area (Å²) in [6, 6.07) is 0.0982. The lowest BCUT2D eigenvalue weighted by atomic mass is 10.0. The Labute approximate surface area is 64.0 Å². The maximum atomic E-state index is 10.2. The molecule has 1 aliphatic rings. The van der Waals surface area contributed by atoms with Crippen LogP contribution in [0, 0.1) is 5.92 Å². The van der Waals surface area contributed by atoms with Crippen LogP contribution < -0.4 is 5.73 Å². The molecule has 0 aromatic carbocycles. The van der Waals surface area contributed by atoms with Crippen molar-refractivity contribution in [2.24, 2.45) is 11.7 Å². The van der Waals surface area contributed by atoms with Gasteiger partial charge in [0.25, 0.3) is 0 Å². The second-order valence-corrected chi connectivity index (χ2v) is 3.63. The standard InChI is InChI=1S/C6H11NO2S/c7-5-3-10-2-4(5)1-6(8)9/h4-5H,1-3,7H2,(H,8,9). The highest BCUT2D eigenvalue weighted by molar-refractivity contribution is 7.99. The van der Waals surface area contributed by atoms with Gasteiger partial charge in [-0.25, -0.2) is 0 Å². The number of carbonyl (C=O) groups is 1. The van der Waals surface area contributed by atoms with E-state index in [1.807, 2.05) is 0 Å². The first kappa shape index (κ1) is 7.88. The molecule has 3 nitrogen and oxygen atoms in total. The van der Waals surface area contributed by atoms with Gasteiger partial charge in [0.05, 0.1) is 6.42 Å². The van der Waals surface area contributed by atoms with Crippen molar-refractivity contribution in [2.75, 3.05) is 11.5 Å². The minimum atomic E-state index is -0.733. The van der Waals surface area contributed by atoms with Gasteiger partial charge in [-0.1, -0.05) is 0 Å². The van der Waals surface area contributed by atoms with E-state index in [1.54, 1.807) is 11.8 Å². The fraction of sp³-hybridized carbons (Fsp3) is 0.833. The van der Waals surface area contributed by atoms with E-state index in [0.29, 0.717) is 0 Å². The zero-order valence-electron chi connectivity index (χ0n) is 5.62. The van der Waals surface area contributed by atoms with E-state index in [-0.39, 0.29) is 18.4 Å². The molecule has 2 unspecified atom stereocenters. The van der Waals surface area contributed by atoms with Gasteiger partial charge < -0.3 is 10.8 Å². The van der Waals surface area contributed by atoms with E-state index in [4.69, 9.17) is 10.8 Å². The van der Waals surface area contributed by atoms with Gasteiger partial charge in [0.1, 0.15) is 0 Å². The topological polar surface area (TPSA) is 63.3 Å². The molecule has 2 atom stereocenters. The monoisotopic (exact) mass is 161 g/mol. The minimum Gasteiger partial charge on any atom is -0.481 e. The van der Waals surface area contributed by atoms with Crippen molar-refractivity contribution in [3.8, 4) is 0 Å². The number of carboxylic acids is 1. The predicted molar refractivity (Wildman–Crippen MR) is 41.0 cm³/mol. The van der Waals surface area contributed by atoms with Gasteiger partial charge in [-0.05, 0) is 11.7 Å². The van der Waals surface area contributed by atoms with E-state index >= 15 is 0 Å². The summed E-state index contributed by atoms with van der Waals surface area (Å²) in [5, 5.41) is 8.43. The largest absolute Gasteiger partial charge is 0.481 e. The van der Waals surface area contributed by atoms with Crippen LogP contribution in [0.3, 0.4) is 0 Å². The van der Waals surface area contributed by atoms with Crippen molar-refractivity contribution < 1.29 is 9.90 Å². The van der Waals surface area contributed by atoms with Crippen LogP contribution in [0.4, 0.5) is 0 Å². The van der Waals surface area contributed by atoms with Gasteiger partial charge in [-0.15, -0.1) is 0 Å². The number of nitrogens with two attached hydrogens (primary N) is 1. The molecule has 0 radical (unpaired) electrons. The average Bonchev–Trinajstić information content (AvgIpc) is 2.15. The smallest absolute Gasteiger partial charge is 0.303 e. The zero-order valence-corrected chi connectivity index (χ0v) is 6.43. The van der Waals surface area contributed by atoms with Gasteiger partial charge in [0.15, 0.2) is 0 Å². The molecule has 1 heterocycles. The van der Waals surface area contributed by atoms with Crippen molar-refractivity contribution in [2.45, 2.75) is 12.5 Å². The maximum Gasteiger partial charge on any atom is 0.303 e. The van der Waals surface area contributed by atoms with Gasteiger partial charge in [0.2, 0.25) is 0 Å². The normalized spacial score (nSPS) is 32.5. The third kappa shape index (κ3) is 1.88. The minimum absolute atomic E-state index is 0.0982. The van der Waals surface area contributed by atoms with Crippen LogP contribution in [0.15, 0.2) is 0 Å². The highest BCUT2D eigenvalue weighted by Gasteiger charge is 2.26. The fourth-order valence-electron chi connectivity index (χ4n) is 1.05. The van der Waals surface area contributed by atoms with Crippen LogP contribution in [0.25, 0.3) is 0 Å². The molecule has 1 aliphatic heterocycles. The molecule has 0 bridgehead atoms. The molecule has 1 fully saturated rings. The first-order chi connectivity index (χ1) is 4.70. The molecular formula is C6H11NO2S.